The third kappa shape index (κ3) is 6.67. The molecule has 0 aliphatic heterocycles. The van der Waals surface area contributed by atoms with Crippen molar-refractivity contribution in [3.63, 3.8) is 0 Å². The number of halogens is 1. The predicted octanol–water partition coefficient (Wildman–Crippen LogP) is 3.82. The number of hydrogen-bond donors (Lipinski definition) is 2. The number of anilines is 2. The number of benzene rings is 1. The summed E-state index contributed by atoms with van der Waals surface area (Å²) in [6.45, 7) is 6.87. The summed E-state index contributed by atoms with van der Waals surface area (Å²) in [5.41, 5.74) is 6.91. The fourth-order valence-electron chi connectivity index (χ4n) is 1.79. The molecule has 0 heterocycles. The van der Waals surface area contributed by atoms with Crippen molar-refractivity contribution in [1.82, 2.24) is 0 Å². The minimum absolute atomic E-state index is 0.243. The average molecular weight is 298 g/mol. The third-order valence-corrected chi connectivity index (χ3v) is 2.99. The van der Waals surface area contributed by atoms with Gasteiger partial charge < -0.3 is 20.5 Å². The fraction of sp³-hybridized carbons (Fsp3) is 0.625. The molecule has 0 saturated carbocycles. The zero-order valence-corrected chi connectivity index (χ0v) is 13.1. The SMILES string of the molecule is CCCCOCCCNc1cc(OCCC)c(F)cc1N. The van der Waals surface area contributed by atoms with Gasteiger partial charge in [-0.1, -0.05) is 20.3 Å². The number of unbranched alkanes of at least 4 members (excludes halogenated alkanes) is 1. The van der Waals surface area contributed by atoms with E-state index in [2.05, 4.69) is 12.2 Å². The molecule has 0 spiro atoms. The second-order valence-corrected chi connectivity index (χ2v) is 4.96. The molecule has 0 amide bonds. The van der Waals surface area contributed by atoms with Crippen molar-refractivity contribution in [2.75, 3.05) is 37.4 Å². The monoisotopic (exact) mass is 298 g/mol. The normalized spacial score (nSPS) is 10.6. The van der Waals surface area contributed by atoms with Gasteiger partial charge >= 0.3 is 0 Å². The highest BCUT2D eigenvalue weighted by Crippen LogP contribution is 2.28. The van der Waals surface area contributed by atoms with E-state index < -0.39 is 5.82 Å². The molecular weight excluding hydrogens is 271 g/mol. The molecule has 0 aliphatic carbocycles. The van der Waals surface area contributed by atoms with E-state index in [9.17, 15) is 4.39 Å². The number of rotatable bonds is 11. The maximum Gasteiger partial charge on any atom is 0.167 e. The topological polar surface area (TPSA) is 56.5 Å². The Morgan fingerprint density at radius 2 is 1.86 bits per heavy atom. The van der Waals surface area contributed by atoms with Crippen molar-refractivity contribution >= 4 is 11.4 Å². The summed E-state index contributed by atoms with van der Waals surface area (Å²) in [6.07, 6.45) is 3.95. The van der Waals surface area contributed by atoms with Crippen LogP contribution in [0.25, 0.3) is 0 Å². The van der Waals surface area contributed by atoms with Crippen molar-refractivity contribution in [3.05, 3.63) is 17.9 Å². The highest BCUT2D eigenvalue weighted by Gasteiger charge is 2.08. The molecule has 120 valence electrons. The number of hydrogen-bond acceptors (Lipinski definition) is 4. The Balaban J connectivity index is 2.39. The van der Waals surface area contributed by atoms with Gasteiger partial charge in [0.05, 0.1) is 18.0 Å². The van der Waals surface area contributed by atoms with Crippen molar-refractivity contribution in [2.24, 2.45) is 0 Å². The standard InChI is InChI=1S/C16H27FN2O2/c1-3-5-9-20-10-6-7-19-15-12-16(21-8-4-2)13(17)11-14(15)18/h11-12,19H,3-10,18H2,1-2H3. The van der Waals surface area contributed by atoms with Gasteiger partial charge in [-0.2, -0.15) is 0 Å². The lowest BCUT2D eigenvalue weighted by Crippen LogP contribution is -2.09. The van der Waals surface area contributed by atoms with Crippen molar-refractivity contribution in [3.8, 4) is 5.75 Å². The molecule has 0 fully saturated rings. The second kappa shape index (κ2) is 10.3. The van der Waals surface area contributed by atoms with Gasteiger partial charge in [0.15, 0.2) is 11.6 Å². The zero-order chi connectivity index (χ0) is 15.5. The van der Waals surface area contributed by atoms with Gasteiger partial charge in [-0.15, -0.1) is 0 Å². The van der Waals surface area contributed by atoms with E-state index in [1.54, 1.807) is 6.07 Å². The lowest BCUT2D eigenvalue weighted by Gasteiger charge is -2.13. The van der Waals surface area contributed by atoms with Crippen molar-refractivity contribution in [1.29, 1.82) is 0 Å². The van der Waals surface area contributed by atoms with Crippen LogP contribution in [0, 0.1) is 5.82 Å². The molecule has 0 saturated heterocycles. The first kappa shape index (κ1) is 17.6. The van der Waals surface area contributed by atoms with Crippen LogP contribution >= 0.6 is 0 Å². The molecule has 0 radical (unpaired) electrons. The molecule has 0 unspecified atom stereocenters. The minimum atomic E-state index is -0.422. The quantitative estimate of drug-likeness (QED) is 0.482. The Bertz CT molecular complexity index is 414. The largest absolute Gasteiger partial charge is 0.490 e. The second-order valence-electron chi connectivity index (χ2n) is 4.96. The van der Waals surface area contributed by atoms with Gasteiger partial charge in [-0.25, -0.2) is 4.39 Å². The predicted molar refractivity (Wildman–Crippen MR) is 85.4 cm³/mol. The van der Waals surface area contributed by atoms with Gasteiger partial charge in [0.25, 0.3) is 0 Å². The summed E-state index contributed by atoms with van der Waals surface area (Å²) in [7, 11) is 0. The van der Waals surface area contributed by atoms with Crippen LogP contribution in [0.3, 0.4) is 0 Å². The maximum atomic E-state index is 13.7. The van der Waals surface area contributed by atoms with E-state index in [0.29, 0.717) is 24.6 Å². The van der Waals surface area contributed by atoms with Crippen LogP contribution in [-0.2, 0) is 4.74 Å². The molecule has 1 aromatic rings. The van der Waals surface area contributed by atoms with E-state index in [1.165, 1.54) is 6.07 Å². The first-order chi connectivity index (χ1) is 10.2. The van der Waals surface area contributed by atoms with Crippen LogP contribution in [0.4, 0.5) is 15.8 Å². The van der Waals surface area contributed by atoms with E-state index in [4.69, 9.17) is 15.2 Å². The van der Waals surface area contributed by atoms with Crippen molar-refractivity contribution < 1.29 is 13.9 Å². The van der Waals surface area contributed by atoms with Crippen LogP contribution in [0.5, 0.6) is 5.75 Å². The molecule has 3 N–H and O–H groups in total. The molecule has 5 heteroatoms. The Morgan fingerprint density at radius 3 is 2.57 bits per heavy atom. The Labute approximate surface area is 126 Å². The number of ether oxygens (including phenoxy) is 2. The average Bonchev–Trinajstić information content (AvgIpc) is 2.47. The smallest absolute Gasteiger partial charge is 0.167 e. The van der Waals surface area contributed by atoms with Crippen molar-refractivity contribution in [2.45, 2.75) is 39.5 Å². The van der Waals surface area contributed by atoms with Crippen LogP contribution in [0.15, 0.2) is 12.1 Å². The molecule has 21 heavy (non-hydrogen) atoms. The molecule has 4 nitrogen and oxygen atoms in total. The number of nitrogens with one attached hydrogen (secondary N) is 1. The summed E-state index contributed by atoms with van der Waals surface area (Å²) in [5, 5.41) is 3.20. The fourth-order valence-corrected chi connectivity index (χ4v) is 1.79. The zero-order valence-electron chi connectivity index (χ0n) is 13.1. The summed E-state index contributed by atoms with van der Waals surface area (Å²) in [6, 6.07) is 2.92. The van der Waals surface area contributed by atoms with E-state index in [1.807, 2.05) is 6.92 Å². The summed E-state index contributed by atoms with van der Waals surface area (Å²) >= 11 is 0. The van der Waals surface area contributed by atoms with Gasteiger partial charge in [-0.05, 0) is 19.3 Å². The maximum absolute atomic E-state index is 13.7. The van der Waals surface area contributed by atoms with Crippen LogP contribution in [0.1, 0.15) is 39.5 Å². The molecule has 0 aliphatic rings. The Morgan fingerprint density at radius 1 is 1.10 bits per heavy atom. The molecule has 0 atom stereocenters. The third-order valence-electron chi connectivity index (χ3n) is 2.99. The molecule has 1 rings (SSSR count). The van der Waals surface area contributed by atoms with E-state index in [0.717, 1.165) is 38.8 Å². The van der Waals surface area contributed by atoms with Crippen LogP contribution in [-0.4, -0.2) is 26.4 Å². The summed E-state index contributed by atoms with van der Waals surface area (Å²) < 4.78 is 24.5. The molecule has 1 aromatic carbocycles. The Hall–Kier alpha value is -1.49. The van der Waals surface area contributed by atoms with Gasteiger partial charge in [0.2, 0.25) is 0 Å². The summed E-state index contributed by atoms with van der Waals surface area (Å²) in [5.74, 6) is -0.179. The molecule has 0 aromatic heterocycles. The van der Waals surface area contributed by atoms with E-state index in [-0.39, 0.29) is 5.75 Å². The minimum Gasteiger partial charge on any atom is -0.490 e. The lowest BCUT2D eigenvalue weighted by molar-refractivity contribution is 0.131. The van der Waals surface area contributed by atoms with Crippen LogP contribution < -0.4 is 15.8 Å². The molecule has 0 bridgehead atoms. The first-order valence-corrected chi connectivity index (χ1v) is 7.72. The lowest BCUT2D eigenvalue weighted by atomic mass is 10.2. The summed E-state index contributed by atoms with van der Waals surface area (Å²) in [4.78, 5) is 0. The first-order valence-electron chi connectivity index (χ1n) is 7.72. The van der Waals surface area contributed by atoms with Gasteiger partial charge in [0.1, 0.15) is 0 Å². The highest BCUT2D eigenvalue weighted by atomic mass is 19.1. The molecular formula is C16H27FN2O2. The van der Waals surface area contributed by atoms with Crippen LogP contribution in [0.2, 0.25) is 0 Å². The highest BCUT2D eigenvalue weighted by molar-refractivity contribution is 5.68. The number of nitrogens with two attached hydrogens (primary N) is 1. The van der Waals surface area contributed by atoms with E-state index >= 15 is 0 Å². The van der Waals surface area contributed by atoms with Gasteiger partial charge in [0, 0.05) is 31.9 Å². The number of nitrogen functional groups attached to an aromatic ring is 1. The van der Waals surface area contributed by atoms with Gasteiger partial charge in [-0.3, -0.25) is 0 Å². The Kier molecular flexibility index (Phi) is 8.59.